The van der Waals surface area contributed by atoms with E-state index in [0.717, 1.165) is 11.1 Å². The fraction of sp³-hybridized carbons (Fsp3) is 0.118. The van der Waals surface area contributed by atoms with Gasteiger partial charge in [0.2, 0.25) is 21.1 Å². The molecule has 11 heteroatoms. The zero-order valence-electron chi connectivity index (χ0n) is 14.5. The summed E-state index contributed by atoms with van der Waals surface area (Å²) >= 11 is 2.49. The third-order valence-corrected chi connectivity index (χ3v) is 6.72. The summed E-state index contributed by atoms with van der Waals surface area (Å²) < 4.78 is 23.2. The van der Waals surface area contributed by atoms with E-state index in [0.29, 0.717) is 9.47 Å². The van der Waals surface area contributed by atoms with Crippen LogP contribution < -0.4 is 16.2 Å². The van der Waals surface area contributed by atoms with Gasteiger partial charge in [0.05, 0.1) is 4.90 Å². The van der Waals surface area contributed by atoms with Crippen LogP contribution in [0.5, 0.6) is 0 Å². The first-order valence-corrected chi connectivity index (χ1v) is 11.3. The Morgan fingerprint density at radius 1 is 1.11 bits per heavy atom. The highest BCUT2D eigenvalue weighted by Crippen LogP contribution is 2.37. The lowest BCUT2D eigenvalue weighted by Crippen LogP contribution is -2.27. The molecule has 2 aromatic carbocycles. The summed E-state index contributed by atoms with van der Waals surface area (Å²) in [6, 6.07) is 15.3. The van der Waals surface area contributed by atoms with Crippen molar-refractivity contribution in [2.24, 2.45) is 5.14 Å². The number of benzene rings is 2. The lowest BCUT2D eigenvalue weighted by atomic mass is 10.1. The monoisotopic (exact) mass is 435 g/mol. The Hall–Kier alpha value is -2.47. The number of primary sulfonamides is 1. The van der Waals surface area contributed by atoms with Gasteiger partial charge in [-0.1, -0.05) is 65.6 Å². The van der Waals surface area contributed by atoms with Gasteiger partial charge in [0.25, 0.3) is 0 Å². The molecule has 1 unspecified atom stereocenters. The number of thioether (sulfide) groups is 1. The molecule has 1 aromatic heterocycles. The number of aromatic nitrogens is 2. The average molecular weight is 436 g/mol. The van der Waals surface area contributed by atoms with Crippen molar-refractivity contribution >= 4 is 44.2 Å². The van der Waals surface area contributed by atoms with Gasteiger partial charge in [-0.3, -0.25) is 4.79 Å². The largest absolute Gasteiger partial charge is 0.374 e. The number of nitrogens with zero attached hydrogens (tertiary/aromatic N) is 2. The standard InChI is InChI=1S/C17H17N5O3S3/c18-16-21-22-17(27-16)26-14(12-4-2-1-3-5-12)15(23)20-10-11-6-8-13(9-7-11)28(19,24)25/h1-9,14H,10H2,(H2,18,21)(H,20,23)(H2,19,24,25). The van der Waals surface area contributed by atoms with Crippen molar-refractivity contribution in [3.05, 3.63) is 65.7 Å². The number of hydrogen-bond donors (Lipinski definition) is 3. The molecule has 1 heterocycles. The summed E-state index contributed by atoms with van der Waals surface area (Å²) in [4.78, 5) is 12.9. The molecule has 0 fully saturated rings. The molecule has 28 heavy (non-hydrogen) atoms. The van der Waals surface area contributed by atoms with Gasteiger partial charge < -0.3 is 11.1 Å². The van der Waals surface area contributed by atoms with Crippen LogP contribution in [0.25, 0.3) is 0 Å². The first-order chi connectivity index (χ1) is 13.3. The van der Waals surface area contributed by atoms with E-state index in [-0.39, 0.29) is 17.3 Å². The van der Waals surface area contributed by atoms with Gasteiger partial charge in [-0.25, -0.2) is 13.6 Å². The molecule has 0 aliphatic rings. The molecule has 0 aliphatic heterocycles. The summed E-state index contributed by atoms with van der Waals surface area (Å²) in [5.74, 6) is -0.208. The van der Waals surface area contributed by atoms with Crippen LogP contribution >= 0.6 is 23.1 Å². The zero-order chi connectivity index (χ0) is 20.1. The van der Waals surface area contributed by atoms with Gasteiger partial charge in [0.15, 0.2) is 4.34 Å². The van der Waals surface area contributed by atoms with Crippen molar-refractivity contribution in [2.45, 2.75) is 21.0 Å². The highest BCUT2D eigenvalue weighted by Gasteiger charge is 2.23. The molecular formula is C17H17N5O3S3. The second-order valence-corrected chi connectivity index (χ2v) is 9.64. The Bertz CT molecular complexity index is 1050. The van der Waals surface area contributed by atoms with Crippen molar-refractivity contribution in [1.82, 2.24) is 15.5 Å². The number of anilines is 1. The highest BCUT2D eigenvalue weighted by molar-refractivity contribution is 8.01. The summed E-state index contributed by atoms with van der Waals surface area (Å²) in [7, 11) is -3.75. The van der Waals surface area contributed by atoms with E-state index in [1.807, 2.05) is 30.3 Å². The second kappa shape index (κ2) is 8.69. The fourth-order valence-corrected chi connectivity index (χ4v) is 4.72. The quantitative estimate of drug-likeness (QED) is 0.481. The van der Waals surface area contributed by atoms with E-state index in [4.69, 9.17) is 10.9 Å². The van der Waals surface area contributed by atoms with Crippen LogP contribution in [0.2, 0.25) is 0 Å². The number of carbonyl (C=O) groups is 1. The van der Waals surface area contributed by atoms with Gasteiger partial charge in [0.1, 0.15) is 5.25 Å². The lowest BCUT2D eigenvalue weighted by molar-refractivity contribution is -0.120. The third kappa shape index (κ3) is 5.29. The molecule has 5 N–H and O–H groups in total. The lowest BCUT2D eigenvalue weighted by Gasteiger charge is -2.15. The van der Waals surface area contributed by atoms with Crippen molar-refractivity contribution in [3.8, 4) is 0 Å². The minimum atomic E-state index is -3.75. The molecule has 0 radical (unpaired) electrons. The Kier molecular flexibility index (Phi) is 6.29. The number of sulfonamides is 1. The van der Waals surface area contributed by atoms with E-state index >= 15 is 0 Å². The van der Waals surface area contributed by atoms with E-state index in [2.05, 4.69) is 15.5 Å². The average Bonchev–Trinajstić information content (AvgIpc) is 3.09. The van der Waals surface area contributed by atoms with Gasteiger partial charge in [-0.05, 0) is 23.3 Å². The number of nitrogens with two attached hydrogens (primary N) is 2. The maximum atomic E-state index is 12.8. The number of carbonyl (C=O) groups excluding carboxylic acids is 1. The summed E-state index contributed by atoms with van der Waals surface area (Å²) in [6.07, 6.45) is 0. The van der Waals surface area contributed by atoms with Crippen LogP contribution in [0.4, 0.5) is 5.13 Å². The van der Waals surface area contributed by atoms with Crippen LogP contribution in [0.3, 0.4) is 0 Å². The molecular weight excluding hydrogens is 418 g/mol. The number of nitrogen functional groups attached to an aromatic ring is 1. The predicted octanol–water partition coefficient (Wildman–Crippen LogP) is 1.92. The first-order valence-electron chi connectivity index (χ1n) is 8.03. The number of nitrogens with one attached hydrogen (secondary N) is 1. The van der Waals surface area contributed by atoms with Crippen molar-refractivity contribution < 1.29 is 13.2 Å². The van der Waals surface area contributed by atoms with Crippen molar-refractivity contribution in [1.29, 1.82) is 0 Å². The molecule has 1 amide bonds. The van der Waals surface area contributed by atoms with Crippen molar-refractivity contribution in [2.75, 3.05) is 5.73 Å². The van der Waals surface area contributed by atoms with Gasteiger partial charge in [-0.15, -0.1) is 10.2 Å². The molecule has 0 bridgehead atoms. The maximum absolute atomic E-state index is 12.8. The van der Waals surface area contributed by atoms with Crippen molar-refractivity contribution in [3.63, 3.8) is 0 Å². The van der Waals surface area contributed by atoms with E-state index < -0.39 is 15.3 Å². The minimum absolute atomic E-state index is 0.0224. The summed E-state index contributed by atoms with van der Waals surface area (Å²) in [6.45, 7) is 0.242. The molecule has 3 rings (SSSR count). The van der Waals surface area contributed by atoms with Crippen LogP contribution in [-0.2, 0) is 21.4 Å². The van der Waals surface area contributed by atoms with E-state index in [1.54, 1.807) is 12.1 Å². The first kappa shape index (κ1) is 20.3. The topological polar surface area (TPSA) is 141 Å². The van der Waals surface area contributed by atoms with Crippen LogP contribution in [0, 0.1) is 0 Å². The van der Waals surface area contributed by atoms with E-state index in [1.165, 1.54) is 35.2 Å². The molecule has 146 valence electrons. The zero-order valence-corrected chi connectivity index (χ0v) is 16.9. The number of rotatable bonds is 7. The smallest absolute Gasteiger partial charge is 0.238 e. The second-order valence-electron chi connectivity index (χ2n) is 5.72. The summed E-state index contributed by atoms with van der Waals surface area (Å²) in [5, 5.41) is 15.5. The molecule has 1 atom stereocenters. The molecule has 0 saturated heterocycles. The van der Waals surface area contributed by atoms with Crippen LogP contribution in [0.1, 0.15) is 16.4 Å². The molecule has 8 nitrogen and oxygen atoms in total. The SMILES string of the molecule is Nc1nnc(SC(C(=O)NCc2ccc(S(N)(=O)=O)cc2)c2ccccc2)s1. The van der Waals surface area contributed by atoms with Crippen LogP contribution in [0.15, 0.2) is 63.8 Å². The highest BCUT2D eigenvalue weighted by atomic mass is 32.2. The van der Waals surface area contributed by atoms with E-state index in [9.17, 15) is 13.2 Å². The fourth-order valence-electron chi connectivity index (χ4n) is 2.35. The Morgan fingerprint density at radius 2 is 1.79 bits per heavy atom. The number of hydrogen-bond acceptors (Lipinski definition) is 8. The Morgan fingerprint density at radius 3 is 2.36 bits per heavy atom. The van der Waals surface area contributed by atoms with Gasteiger partial charge in [0, 0.05) is 6.54 Å². The minimum Gasteiger partial charge on any atom is -0.374 e. The normalized spacial score (nSPS) is 12.5. The van der Waals surface area contributed by atoms with Gasteiger partial charge in [-0.2, -0.15) is 0 Å². The van der Waals surface area contributed by atoms with Gasteiger partial charge >= 0.3 is 0 Å². The van der Waals surface area contributed by atoms with Crippen LogP contribution in [-0.4, -0.2) is 24.5 Å². The molecule has 0 spiro atoms. The Balaban J connectivity index is 1.72. The predicted molar refractivity (Wildman–Crippen MR) is 109 cm³/mol. The Labute approximate surface area is 170 Å². The third-order valence-electron chi connectivity index (χ3n) is 3.70. The number of amides is 1. The summed E-state index contributed by atoms with van der Waals surface area (Å²) in [5.41, 5.74) is 7.20. The molecule has 3 aromatic rings. The molecule has 0 saturated carbocycles. The molecule has 0 aliphatic carbocycles. The maximum Gasteiger partial charge on any atom is 0.238 e.